The number of amides is 1. The molecular formula is C11H11I2NO3. The molecule has 2 rings (SSSR count). The van der Waals surface area contributed by atoms with Gasteiger partial charge in [0.2, 0.25) is 0 Å². The topological polar surface area (TPSA) is 60.8 Å². The minimum atomic E-state index is -0.442. The van der Waals surface area contributed by atoms with E-state index in [-0.39, 0.29) is 11.7 Å². The first kappa shape index (κ1) is 13.3. The molecule has 1 saturated heterocycles. The van der Waals surface area contributed by atoms with Gasteiger partial charge in [-0.2, -0.15) is 0 Å². The molecule has 1 heterocycles. The number of aliphatic hydroxyl groups is 1. The van der Waals surface area contributed by atoms with Gasteiger partial charge in [-0.25, -0.2) is 0 Å². The highest BCUT2D eigenvalue weighted by atomic mass is 127. The molecule has 1 aromatic rings. The van der Waals surface area contributed by atoms with Crippen LogP contribution in [-0.2, 0) is 0 Å². The van der Waals surface area contributed by atoms with Crippen LogP contribution < -0.4 is 0 Å². The fraction of sp³-hybridized carbons (Fsp3) is 0.364. The number of carbonyl (C=O) groups excluding carboxylic acids is 1. The minimum absolute atomic E-state index is 0.0254. The van der Waals surface area contributed by atoms with Gasteiger partial charge in [0.1, 0.15) is 5.75 Å². The van der Waals surface area contributed by atoms with Gasteiger partial charge in [0.05, 0.1) is 15.2 Å². The maximum absolute atomic E-state index is 12.2. The van der Waals surface area contributed by atoms with Gasteiger partial charge >= 0.3 is 0 Å². The van der Waals surface area contributed by atoms with Crippen LogP contribution in [0.2, 0.25) is 0 Å². The molecular weight excluding hydrogens is 448 g/mol. The zero-order chi connectivity index (χ0) is 12.6. The lowest BCUT2D eigenvalue weighted by Gasteiger charge is -2.17. The lowest BCUT2D eigenvalue weighted by Crippen LogP contribution is -2.29. The normalized spacial score (nSPS) is 19.7. The highest BCUT2D eigenvalue weighted by molar-refractivity contribution is 14.1. The molecule has 1 aliphatic heterocycles. The Balaban J connectivity index is 2.31. The largest absolute Gasteiger partial charge is 0.506 e. The first-order chi connectivity index (χ1) is 7.99. The number of carbonyl (C=O) groups is 1. The lowest BCUT2D eigenvalue weighted by atomic mass is 10.2. The second kappa shape index (κ2) is 5.27. The monoisotopic (exact) mass is 459 g/mol. The SMILES string of the molecule is O=C(c1cc(I)cc(I)c1O)N1CC[C@@H](O)C1. The van der Waals surface area contributed by atoms with Crippen molar-refractivity contribution in [3.05, 3.63) is 24.8 Å². The summed E-state index contributed by atoms with van der Waals surface area (Å²) in [5.41, 5.74) is 0.315. The number of aromatic hydroxyl groups is 1. The van der Waals surface area contributed by atoms with E-state index in [9.17, 15) is 15.0 Å². The Kier molecular flexibility index (Phi) is 4.14. The Morgan fingerprint density at radius 1 is 1.41 bits per heavy atom. The maximum Gasteiger partial charge on any atom is 0.257 e. The van der Waals surface area contributed by atoms with Crippen LogP contribution in [-0.4, -0.2) is 40.2 Å². The van der Waals surface area contributed by atoms with E-state index in [1.54, 1.807) is 11.0 Å². The van der Waals surface area contributed by atoms with Crippen molar-refractivity contribution in [3.63, 3.8) is 0 Å². The average Bonchev–Trinajstić information content (AvgIpc) is 2.69. The van der Waals surface area contributed by atoms with Crippen molar-refractivity contribution in [3.8, 4) is 5.75 Å². The molecule has 0 bridgehead atoms. The van der Waals surface area contributed by atoms with E-state index < -0.39 is 6.10 Å². The summed E-state index contributed by atoms with van der Waals surface area (Å²) < 4.78 is 1.57. The number of benzene rings is 1. The fourth-order valence-corrected chi connectivity index (χ4v) is 3.67. The molecule has 0 spiro atoms. The van der Waals surface area contributed by atoms with Gasteiger partial charge in [-0.15, -0.1) is 0 Å². The molecule has 0 aliphatic carbocycles. The lowest BCUT2D eigenvalue weighted by molar-refractivity contribution is 0.0761. The van der Waals surface area contributed by atoms with Gasteiger partial charge in [-0.1, -0.05) is 0 Å². The quantitative estimate of drug-likeness (QED) is 0.631. The molecule has 6 heteroatoms. The summed E-state index contributed by atoms with van der Waals surface area (Å²) in [7, 11) is 0. The second-order valence-corrected chi connectivity index (χ2v) is 6.39. The number of likely N-dealkylation sites (tertiary alicyclic amines) is 1. The standard InChI is InChI=1S/C11H11I2NO3/c12-6-3-8(10(16)9(13)4-6)11(17)14-2-1-7(15)5-14/h3-4,7,15-16H,1-2,5H2/t7-/m1/s1. The molecule has 17 heavy (non-hydrogen) atoms. The van der Waals surface area contributed by atoms with Gasteiger partial charge in [0.25, 0.3) is 5.91 Å². The number of nitrogens with zero attached hydrogens (tertiary/aromatic N) is 1. The minimum Gasteiger partial charge on any atom is -0.506 e. The van der Waals surface area contributed by atoms with Crippen LogP contribution >= 0.6 is 45.2 Å². The van der Waals surface area contributed by atoms with Crippen LogP contribution in [0.4, 0.5) is 0 Å². The number of phenolic OH excluding ortho intramolecular Hbond substituents is 1. The fourth-order valence-electron chi connectivity index (χ4n) is 1.83. The zero-order valence-electron chi connectivity index (χ0n) is 8.86. The Morgan fingerprint density at radius 2 is 2.12 bits per heavy atom. The molecule has 0 aromatic heterocycles. The Bertz CT molecular complexity index is 464. The number of rotatable bonds is 1. The van der Waals surface area contributed by atoms with Crippen molar-refractivity contribution in [2.45, 2.75) is 12.5 Å². The van der Waals surface area contributed by atoms with Crippen molar-refractivity contribution in [1.82, 2.24) is 4.90 Å². The van der Waals surface area contributed by atoms with Crippen LogP contribution in [0.5, 0.6) is 5.75 Å². The number of hydrogen-bond acceptors (Lipinski definition) is 3. The molecule has 2 N–H and O–H groups in total. The predicted molar refractivity (Wildman–Crippen MR) is 80.1 cm³/mol. The van der Waals surface area contributed by atoms with Crippen LogP contribution in [0.1, 0.15) is 16.8 Å². The number of halogens is 2. The Morgan fingerprint density at radius 3 is 2.71 bits per heavy atom. The molecule has 1 atom stereocenters. The molecule has 0 saturated carbocycles. The Hall–Kier alpha value is -0.0900. The van der Waals surface area contributed by atoms with Gasteiger partial charge in [-0.05, 0) is 63.7 Å². The van der Waals surface area contributed by atoms with Crippen LogP contribution in [0, 0.1) is 7.14 Å². The summed E-state index contributed by atoms with van der Waals surface area (Å²) in [5.74, 6) is -0.187. The molecule has 0 radical (unpaired) electrons. The summed E-state index contributed by atoms with van der Waals surface area (Å²) in [6, 6.07) is 3.48. The second-order valence-electron chi connectivity index (χ2n) is 3.98. The highest BCUT2D eigenvalue weighted by Gasteiger charge is 2.27. The van der Waals surface area contributed by atoms with E-state index in [0.717, 1.165) is 3.57 Å². The van der Waals surface area contributed by atoms with Crippen LogP contribution in [0.3, 0.4) is 0 Å². The van der Waals surface area contributed by atoms with Gasteiger partial charge in [-0.3, -0.25) is 4.79 Å². The van der Waals surface area contributed by atoms with Crippen LogP contribution in [0.25, 0.3) is 0 Å². The van der Waals surface area contributed by atoms with Crippen molar-refractivity contribution in [2.24, 2.45) is 0 Å². The van der Waals surface area contributed by atoms with Gasteiger partial charge in [0.15, 0.2) is 0 Å². The van der Waals surface area contributed by atoms with Gasteiger partial charge in [0, 0.05) is 16.7 Å². The molecule has 1 fully saturated rings. The average molecular weight is 459 g/mol. The third-order valence-corrected chi connectivity index (χ3v) is 4.15. The third kappa shape index (κ3) is 2.84. The third-order valence-electron chi connectivity index (χ3n) is 2.71. The summed E-state index contributed by atoms with van der Waals surface area (Å²) >= 11 is 4.11. The van der Waals surface area contributed by atoms with Crippen molar-refractivity contribution < 1.29 is 15.0 Å². The summed E-state index contributed by atoms with van der Waals surface area (Å²) in [6.07, 6.45) is 0.163. The first-order valence-electron chi connectivity index (χ1n) is 5.14. The molecule has 1 aromatic carbocycles. The molecule has 0 unspecified atom stereocenters. The number of aliphatic hydroxyl groups excluding tert-OH is 1. The van der Waals surface area contributed by atoms with E-state index >= 15 is 0 Å². The zero-order valence-corrected chi connectivity index (χ0v) is 13.2. The molecule has 1 aliphatic rings. The number of hydrogen-bond donors (Lipinski definition) is 2. The highest BCUT2D eigenvalue weighted by Crippen LogP contribution is 2.28. The van der Waals surface area contributed by atoms with Crippen molar-refractivity contribution in [2.75, 3.05) is 13.1 Å². The summed E-state index contributed by atoms with van der Waals surface area (Å²) in [5, 5.41) is 19.3. The number of β-amino-alcohol motifs (C(OH)–C–C–N with tert-alkyl or cyclic N) is 1. The van der Waals surface area contributed by atoms with Gasteiger partial charge < -0.3 is 15.1 Å². The smallest absolute Gasteiger partial charge is 0.257 e. The Labute approximate surface area is 126 Å². The molecule has 92 valence electrons. The van der Waals surface area contributed by atoms with E-state index in [2.05, 4.69) is 22.6 Å². The van der Waals surface area contributed by atoms with E-state index in [0.29, 0.717) is 28.6 Å². The number of phenols is 1. The summed E-state index contributed by atoms with van der Waals surface area (Å²) in [4.78, 5) is 13.7. The van der Waals surface area contributed by atoms with Crippen molar-refractivity contribution >= 4 is 51.1 Å². The predicted octanol–water partition coefficient (Wildman–Crippen LogP) is 1.81. The van der Waals surface area contributed by atoms with Crippen LogP contribution in [0.15, 0.2) is 12.1 Å². The first-order valence-corrected chi connectivity index (χ1v) is 7.30. The maximum atomic E-state index is 12.2. The van der Waals surface area contributed by atoms with E-state index in [4.69, 9.17) is 0 Å². The molecule has 4 nitrogen and oxygen atoms in total. The van der Waals surface area contributed by atoms with Crippen molar-refractivity contribution in [1.29, 1.82) is 0 Å². The molecule has 1 amide bonds. The van der Waals surface area contributed by atoms with E-state index in [1.165, 1.54) is 0 Å². The summed E-state index contributed by atoms with van der Waals surface area (Å²) in [6.45, 7) is 0.891. The van der Waals surface area contributed by atoms with E-state index in [1.807, 2.05) is 28.7 Å².